The van der Waals surface area contributed by atoms with Crippen molar-refractivity contribution in [3.63, 3.8) is 0 Å². The van der Waals surface area contributed by atoms with E-state index in [1.165, 1.54) is 0 Å². The standard InChI is InChI=1S/3CH4O3S.Rh/c3*1-5(2,3)4;/h3*1H3,(H,2,3,4);/q;;;+3/p-3. The Morgan fingerprint density at radius 3 is 0.562 bits per heavy atom. The molecule has 0 atom stereocenters. The summed E-state index contributed by atoms with van der Waals surface area (Å²) in [6, 6.07) is 0. The van der Waals surface area contributed by atoms with Crippen molar-refractivity contribution in [3.05, 3.63) is 0 Å². The van der Waals surface area contributed by atoms with Crippen LogP contribution in [0.1, 0.15) is 0 Å². The summed E-state index contributed by atoms with van der Waals surface area (Å²) in [5.41, 5.74) is 0. The van der Waals surface area contributed by atoms with E-state index in [2.05, 4.69) is 0 Å². The summed E-state index contributed by atoms with van der Waals surface area (Å²) >= 11 is 0. The predicted molar refractivity (Wildman–Crippen MR) is 46.9 cm³/mol. The average Bonchev–Trinajstić information content (AvgIpc) is 1.41. The van der Waals surface area contributed by atoms with Gasteiger partial charge >= 0.3 is 19.5 Å². The van der Waals surface area contributed by atoms with Crippen molar-refractivity contribution < 1.29 is 58.4 Å². The second-order valence-electron chi connectivity index (χ2n) is 2.11. The molecule has 0 aliphatic heterocycles. The molecule has 0 aromatic rings. The van der Waals surface area contributed by atoms with E-state index >= 15 is 0 Å². The van der Waals surface area contributed by atoms with E-state index in [1.807, 2.05) is 0 Å². The Bertz CT molecular complexity index is 347. The van der Waals surface area contributed by atoms with Gasteiger partial charge in [-0.1, -0.05) is 0 Å². The molecule has 0 bridgehead atoms. The molecule has 0 radical (unpaired) electrons. The van der Waals surface area contributed by atoms with Gasteiger partial charge in [0.25, 0.3) is 0 Å². The Hall–Kier alpha value is 0.353. The molecule has 0 aliphatic carbocycles. The molecular formula is C3H9O9RhS3. The monoisotopic (exact) mass is 388 g/mol. The third kappa shape index (κ3) is 20500. The van der Waals surface area contributed by atoms with Crippen molar-refractivity contribution >= 4 is 30.4 Å². The van der Waals surface area contributed by atoms with Gasteiger partial charge in [0.1, 0.15) is 0 Å². The topological polar surface area (TPSA) is 172 Å². The summed E-state index contributed by atoms with van der Waals surface area (Å²) < 4.78 is 81.7. The van der Waals surface area contributed by atoms with Gasteiger partial charge in [-0.3, -0.25) is 0 Å². The summed E-state index contributed by atoms with van der Waals surface area (Å²) in [5, 5.41) is 0. The van der Waals surface area contributed by atoms with Gasteiger partial charge in [0.05, 0.1) is 30.4 Å². The van der Waals surface area contributed by atoms with Crippen molar-refractivity contribution in [1.29, 1.82) is 0 Å². The number of hydrogen-bond acceptors (Lipinski definition) is 9. The van der Waals surface area contributed by atoms with Crippen molar-refractivity contribution in [2.75, 3.05) is 18.8 Å². The summed E-state index contributed by atoms with van der Waals surface area (Å²) in [6.07, 6.45) is 1.81. The molecule has 0 unspecified atom stereocenters. The van der Waals surface area contributed by atoms with Gasteiger partial charge in [0, 0.05) is 18.8 Å². The fraction of sp³-hybridized carbons (Fsp3) is 1.00. The minimum Gasteiger partial charge on any atom is -0.748 e. The Morgan fingerprint density at radius 2 is 0.562 bits per heavy atom. The first-order chi connectivity index (χ1) is 6.00. The van der Waals surface area contributed by atoms with E-state index in [0.717, 1.165) is 0 Å². The van der Waals surface area contributed by atoms with E-state index in [0.29, 0.717) is 18.8 Å². The van der Waals surface area contributed by atoms with Crippen LogP contribution in [0.3, 0.4) is 0 Å². The summed E-state index contributed by atoms with van der Waals surface area (Å²) in [4.78, 5) is 0. The maximum Gasteiger partial charge on any atom is 3.00 e. The van der Waals surface area contributed by atoms with E-state index in [1.54, 1.807) is 0 Å². The van der Waals surface area contributed by atoms with Gasteiger partial charge in [-0.25, -0.2) is 25.3 Å². The quantitative estimate of drug-likeness (QED) is 0.321. The fourth-order valence-electron chi connectivity index (χ4n) is 0. The SMILES string of the molecule is CS(=O)(=O)[O-].CS(=O)(=O)[O-].CS(=O)(=O)[O-].[Rh+3]. The van der Waals surface area contributed by atoms with Crippen molar-refractivity contribution in [3.8, 4) is 0 Å². The van der Waals surface area contributed by atoms with Crippen LogP contribution in [-0.4, -0.2) is 57.7 Å². The Kier molecular flexibility index (Phi) is 14.8. The molecule has 16 heavy (non-hydrogen) atoms. The van der Waals surface area contributed by atoms with Crippen LogP contribution in [0.2, 0.25) is 0 Å². The molecule has 0 saturated heterocycles. The van der Waals surface area contributed by atoms with Crippen molar-refractivity contribution in [1.82, 2.24) is 0 Å². The second-order valence-corrected chi connectivity index (χ2v) is 6.34. The summed E-state index contributed by atoms with van der Waals surface area (Å²) in [6.45, 7) is 0. The molecule has 0 N–H and O–H groups in total. The Morgan fingerprint density at radius 1 is 0.562 bits per heavy atom. The molecule has 0 rings (SSSR count). The van der Waals surface area contributed by atoms with Crippen molar-refractivity contribution in [2.24, 2.45) is 0 Å². The van der Waals surface area contributed by atoms with Crippen LogP contribution in [0.5, 0.6) is 0 Å². The van der Waals surface area contributed by atoms with Gasteiger partial charge in [0.2, 0.25) is 0 Å². The van der Waals surface area contributed by atoms with Crippen LogP contribution >= 0.6 is 0 Å². The average molecular weight is 388 g/mol. The Balaban J connectivity index is -0.0000000655. The molecule has 13 heteroatoms. The first-order valence-corrected chi connectivity index (χ1v) is 8.17. The van der Waals surface area contributed by atoms with Crippen LogP contribution in [-0.2, 0) is 49.8 Å². The largest absolute Gasteiger partial charge is 3.00 e. The third-order valence-corrected chi connectivity index (χ3v) is 0. The summed E-state index contributed by atoms with van der Waals surface area (Å²) in [5.74, 6) is 0. The molecule has 102 valence electrons. The zero-order valence-corrected chi connectivity index (χ0v) is 12.3. The summed E-state index contributed by atoms with van der Waals surface area (Å²) in [7, 11) is -11.8. The molecular weight excluding hydrogens is 379 g/mol. The van der Waals surface area contributed by atoms with Crippen molar-refractivity contribution in [2.45, 2.75) is 0 Å². The van der Waals surface area contributed by atoms with Crippen LogP contribution in [0.4, 0.5) is 0 Å². The van der Waals surface area contributed by atoms with Crippen LogP contribution in [0.25, 0.3) is 0 Å². The third-order valence-electron chi connectivity index (χ3n) is 0. The maximum absolute atomic E-state index is 9.08. The maximum atomic E-state index is 9.08. The van der Waals surface area contributed by atoms with E-state index in [9.17, 15) is 0 Å². The first-order valence-electron chi connectivity index (χ1n) is 2.72. The van der Waals surface area contributed by atoms with Crippen LogP contribution in [0, 0.1) is 0 Å². The van der Waals surface area contributed by atoms with Crippen LogP contribution < -0.4 is 0 Å². The van der Waals surface area contributed by atoms with Gasteiger partial charge < -0.3 is 13.7 Å². The fourth-order valence-corrected chi connectivity index (χ4v) is 0. The van der Waals surface area contributed by atoms with Gasteiger partial charge in [-0.2, -0.15) is 0 Å². The molecule has 0 saturated carbocycles. The molecule has 0 spiro atoms. The molecule has 0 amide bonds. The van der Waals surface area contributed by atoms with Gasteiger partial charge in [0.15, 0.2) is 0 Å². The molecule has 0 aromatic carbocycles. The van der Waals surface area contributed by atoms with E-state index in [4.69, 9.17) is 38.9 Å². The molecule has 0 aliphatic rings. The molecule has 9 nitrogen and oxygen atoms in total. The smallest absolute Gasteiger partial charge is 0.748 e. The van der Waals surface area contributed by atoms with Gasteiger partial charge in [-0.15, -0.1) is 0 Å². The first kappa shape index (κ1) is 25.3. The normalized spacial score (nSPS) is 10.9. The predicted octanol–water partition coefficient (Wildman–Crippen LogP) is -2.52. The zero-order valence-electron chi connectivity index (χ0n) is 8.23. The van der Waals surface area contributed by atoms with E-state index < -0.39 is 30.4 Å². The van der Waals surface area contributed by atoms with E-state index in [-0.39, 0.29) is 19.5 Å². The second kappa shape index (κ2) is 9.39. The van der Waals surface area contributed by atoms with Crippen LogP contribution in [0.15, 0.2) is 0 Å². The molecule has 0 heterocycles. The molecule has 0 fully saturated rings. The Labute approximate surface area is 107 Å². The molecule has 0 aromatic heterocycles. The number of rotatable bonds is 0. The minimum atomic E-state index is -3.92. The van der Waals surface area contributed by atoms with Gasteiger partial charge in [-0.05, 0) is 0 Å². The zero-order chi connectivity index (χ0) is 13.5. The number of hydrogen-bond donors (Lipinski definition) is 0. The minimum absolute atomic E-state index is 0.